The summed E-state index contributed by atoms with van der Waals surface area (Å²) in [5.74, 6) is -1.75. The minimum Gasteiger partial charge on any atom is -0.464 e. The van der Waals surface area contributed by atoms with Crippen molar-refractivity contribution in [1.82, 2.24) is 0 Å². The summed E-state index contributed by atoms with van der Waals surface area (Å²) in [6.07, 6.45) is 1.23. The molecule has 0 rings (SSSR count). The first-order chi connectivity index (χ1) is 4.87. The van der Waals surface area contributed by atoms with Gasteiger partial charge in [-0.1, -0.05) is 20.8 Å². The number of rotatable bonds is 1. The molecule has 0 aromatic heterocycles. The number of hydrogen-bond donors (Lipinski definition) is 0. The number of halogens is 1. The first kappa shape index (κ1) is 10.1. The number of allylic oxidation sites excluding steroid dienone is 1. The van der Waals surface area contributed by atoms with Gasteiger partial charge >= 0.3 is 5.97 Å². The molecule has 0 heterocycles. The Morgan fingerprint density at radius 2 is 1.91 bits per heavy atom. The van der Waals surface area contributed by atoms with E-state index in [1.165, 1.54) is 6.08 Å². The second-order valence-electron chi connectivity index (χ2n) is 3.35. The summed E-state index contributed by atoms with van der Waals surface area (Å²) in [6, 6.07) is 0. The molecule has 0 radical (unpaired) electrons. The SMILES string of the molecule is COC(=O)/C(F)=C/C(C)(C)C. The Hall–Kier alpha value is -0.860. The van der Waals surface area contributed by atoms with Crippen molar-refractivity contribution in [2.24, 2.45) is 5.41 Å². The third-order valence-electron chi connectivity index (χ3n) is 0.940. The first-order valence-electron chi connectivity index (χ1n) is 3.33. The molecule has 0 aromatic rings. The fraction of sp³-hybridized carbons (Fsp3) is 0.625. The van der Waals surface area contributed by atoms with E-state index in [9.17, 15) is 9.18 Å². The lowest BCUT2D eigenvalue weighted by Gasteiger charge is -2.11. The van der Waals surface area contributed by atoms with Crippen LogP contribution in [0.4, 0.5) is 4.39 Å². The summed E-state index contributed by atoms with van der Waals surface area (Å²) in [4.78, 5) is 10.5. The Labute approximate surface area is 66.0 Å². The zero-order chi connectivity index (χ0) is 9.07. The van der Waals surface area contributed by atoms with Crippen LogP contribution in [0.5, 0.6) is 0 Å². The molecule has 0 aliphatic heterocycles. The van der Waals surface area contributed by atoms with Gasteiger partial charge in [-0.25, -0.2) is 4.79 Å². The summed E-state index contributed by atoms with van der Waals surface area (Å²) in [7, 11) is 1.15. The highest BCUT2D eigenvalue weighted by Gasteiger charge is 2.14. The maximum absolute atomic E-state index is 12.7. The number of esters is 1. The average Bonchev–Trinajstić information content (AvgIpc) is 1.82. The molecule has 64 valence electrons. The van der Waals surface area contributed by atoms with Gasteiger partial charge in [0.05, 0.1) is 7.11 Å². The zero-order valence-corrected chi connectivity index (χ0v) is 7.27. The largest absolute Gasteiger partial charge is 0.464 e. The lowest BCUT2D eigenvalue weighted by molar-refractivity contribution is -0.137. The Kier molecular flexibility index (Phi) is 3.23. The Balaban J connectivity index is 4.34. The van der Waals surface area contributed by atoms with E-state index < -0.39 is 11.8 Å². The fourth-order valence-electron chi connectivity index (χ4n) is 0.537. The zero-order valence-electron chi connectivity index (χ0n) is 7.27. The molecule has 3 heteroatoms. The molecule has 0 unspecified atom stereocenters. The third-order valence-corrected chi connectivity index (χ3v) is 0.940. The van der Waals surface area contributed by atoms with Crippen LogP contribution in [-0.4, -0.2) is 13.1 Å². The predicted molar refractivity (Wildman–Crippen MR) is 40.7 cm³/mol. The van der Waals surface area contributed by atoms with Crippen LogP contribution in [0.1, 0.15) is 20.8 Å². The van der Waals surface area contributed by atoms with Crippen molar-refractivity contribution in [1.29, 1.82) is 0 Å². The molecule has 0 amide bonds. The van der Waals surface area contributed by atoms with Gasteiger partial charge in [0.15, 0.2) is 0 Å². The third kappa shape index (κ3) is 4.53. The highest BCUT2D eigenvalue weighted by molar-refractivity contribution is 5.85. The number of ether oxygens (including phenoxy) is 1. The van der Waals surface area contributed by atoms with Gasteiger partial charge in [0.1, 0.15) is 0 Å². The van der Waals surface area contributed by atoms with Gasteiger partial charge in [-0.15, -0.1) is 0 Å². The van der Waals surface area contributed by atoms with Crippen molar-refractivity contribution in [2.45, 2.75) is 20.8 Å². The van der Waals surface area contributed by atoms with Crippen LogP contribution in [0.15, 0.2) is 11.9 Å². The van der Waals surface area contributed by atoms with Crippen molar-refractivity contribution in [3.63, 3.8) is 0 Å². The van der Waals surface area contributed by atoms with E-state index in [2.05, 4.69) is 4.74 Å². The van der Waals surface area contributed by atoms with Crippen molar-refractivity contribution >= 4 is 5.97 Å². The first-order valence-corrected chi connectivity index (χ1v) is 3.33. The molecule has 0 saturated carbocycles. The average molecular weight is 160 g/mol. The van der Waals surface area contributed by atoms with Crippen molar-refractivity contribution in [3.8, 4) is 0 Å². The molecular weight excluding hydrogens is 147 g/mol. The predicted octanol–water partition coefficient (Wildman–Crippen LogP) is 2.06. The number of carbonyl (C=O) groups is 1. The maximum atomic E-state index is 12.7. The Morgan fingerprint density at radius 1 is 1.45 bits per heavy atom. The van der Waals surface area contributed by atoms with Crippen LogP contribution in [0.3, 0.4) is 0 Å². The minimum atomic E-state index is -0.917. The van der Waals surface area contributed by atoms with Crippen LogP contribution in [0.2, 0.25) is 0 Å². The molecule has 0 fully saturated rings. The van der Waals surface area contributed by atoms with Gasteiger partial charge in [-0.3, -0.25) is 0 Å². The molecule has 0 atom stereocenters. The molecule has 0 aliphatic carbocycles. The van der Waals surface area contributed by atoms with E-state index in [4.69, 9.17) is 0 Å². The highest BCUT2D eigenvalue weighted by atomic mass is 19.1. The molecular formula is C8H13FO2. The number of methoxy groups -OCH3 is 1. The second-order valence-corrected chi connectivity index (χ2v) is 3.35. The fourth-order valence-corrected chi connectivity index (χ4v) is 0.537. The monoisotopic (exact) mass is 160 g/mol. The van der Waals surface area contributed by atoms with Gasteiger partial charge in [-0.2, -0.15) is 4.39 Å². The van der Waals surface area contributed by atoms with Crippen LogP contribution in [-0.2, 0) is 9.53 Å². The number of hydrogen-bond acceptors (Lipinski definition) is 2. The van der Waals surface area contributed by atoms with Crippen molar-refractivity contribution in [2.75, 3.05) is 7.11 Å². The highest BCUT2D eigenvalue weighted by Crippen LogP contribution is 2.18. The standard InChI is InChI=1S/C8H13FO2/c1-8(2,3)5-6(9)7(10)11-4/h5H,1-4H3/b6-5-. The van der Waals surface area contributed by atoms with Crippen molar-refractivity contribution < 1.29 is 13.9 Å². The molecule has 0 saturated heterocycles. The van der Waals surface area contributed by atoms with E-state index in [1.807, 2.05) is 0 Å². The topological polar surface area (TPSA) is 26.3 Å². The molecule has 0 N–H and O–H groups in total. The summed E-state index contributed by atoms with van der Waals surface area (Å²) in [6.45, 7) is 5.40. The summed E-state index contributed by atoms with van der Waals surface area (Å²) >= 11 is 0. The van der Waals surface area contributed by atoms with Gasteiger partial charge in [0.25, 0.3) is 0 Å². The van der Waals surface area contributed by atoms with Crippen LogP contribution < -0.4 is 0 Å². The van der Waals surface area contributed by atoms with Gasteiger partial charge < -0.3 is 4.74 Å². The molecule has 0 bridgehead atoms. The van der Waals surface area contributed by atoms with E-state index in [0.29, 0.717) is 0 Å². The van der Waals surface area contributed by atoms with E-state index in [-0.39, 0.29) is 5.41 Å². The van der Waals surface area contributed by atoms with E-state index in [0.717, 1.165) is 7.11 Å². The van der Waals surface area contributed by atoms with E-state index in [1.54, 1.807) is 20.8 Å². The maximum Gasteiger partial charge on any atom is 0.366 e. The smallest absolute Gasteiger partial charge is 0.366 e. The van der Waals surface area contributed by atoms with Crippen molar-refractivity contribution in [3.05, 3.63) is 11.9 Å². The lowest BCUT2D eigenvalue weighted by Crippen LogP contribution is -2.06. The lowest BCUT2D eigenvalue weighted by atomic mass is 9.96. The van der Waals surface area contributed by atoms with Gasteiger partial charge in [0, 0.05) is 0 Å². The molecule has 0 aliphatic rings. The normalized spacial score (nSPS) is 13.0. The van der Waals surface area contributed by atoms with Crippen LogP contribution in [0, 0.1) is 5.41 Å². The summed E-state index contributed by atoms with van der Waals surface area (Å²) < 4.78 is 16.9. The second kappa shape index (κ2) is 3.51. The van der Waals surface area contributed by atoms with Gasteiger partial charge in [-0.05, 0) is 11.5 Å². The van der Waals surface area contributed by atoms with Crippen LogP contribution >= 0.6 is 0 Å². The minimum absolute atomic E-state index is 0.335. The summed E-state index contributed by atoms with van der Waals surface area (Å²) in [5, 5.41) is 0. The van der Waals surface area contributed by atoms with Gasteiger partial charge in [0.2, 0.25) is 5.83 Å². The quantitative estimate of drug-likeness (QED) is 0.433. The Bertz CT molecular complexity index is 177. The molecule has 0 spiro atoms. The summed E-state index contributed by atoms with van der Waals surface area (Å²) in [5.41, 5.74) is -0.335. The van der Waals surface area contributed by atoms with Crippen LogP contribution in [0.25, 0.3) is 0 Å². The number of carbonyl (C=O) groups excluding carboxylic acids is 1. The molecule has 11 heavy (non-hydrogen) atoms. The molecule has 0 aromatic carbocycles. The Morgan fingerprint density at radius 3 is 2.18 bits per heavy atom. The van der Waals surface area contributed by atoms with E-state index >= 15 is 0 Å². The molecule has 2 nitrogen and oxygen atoms in total.